The summed E-state index contributed by atoms with van der Waals surface area (Å²) in [5.41, 5.74) is 1.88. The largest absolute Gasteiger partial charge is 0.481 e. The molecule has 4 unspecified atom stereocenters. The van der Waals surface area contributed by atoms with E-state index in [1.165, 1.54) is 0 Å². The van der Waals surface area contributed by atoms with Crippen molar-refractivity contribution in [3.63, 3.8) is 0 Å². The van der Waals surface area contributed by atoms with Gasteiger partial charge in [-0.15, -0.1) is 0 Å². The molecule has 5 rings (SSSR count). The van der Waals surface area contributed by atoms with Crippen LogP contribution < -0.4 is 0 Å². The summed E-state index contributed by atoms with van der Waals surface area (Å²) in [4.78, 5) is 15.4. The van der Waals surface area contributed by atoms with Crippen LogP contribution in [0.25, 0.3) is 0 Å². The van der Waals surface area contributed by atoms with Crippen LogP contribution in [0.2, 0.25) is 0 Å². The summed E-state index contributed by atoms with van der Waals surface area (Å²) in [6.45, 7) is 3.67. The number of nitrogens with zero attached hydrogens (tertiary/aromatic N) is 1. The van der Waals surface area contributed by atoms with E-state index in [-0.39, 0.29) is 5.92 Å². The molecule has 33 heavy (non-hydrogen) atoms. The Morgan fingerprint density at radius 1 is 1.00 bits per heavy atom. The molecule has 1 heterocycles. The lowest BCUT2D eigenvalue weighted by molar-refractivity contribution is -0.169. The Balaban J connectivity index is 1.61. The van der Waals surface area contributed by atoms with Crippen LogP contribution in [-0.2, 0) is 16.9 Å². The maximum Gasteiger partial charge on any atom is 0.312 e. The van der Waals surface area contributed by atoms with Crippen molar-refractivity contribution in [3.8, 4) is 0 Å². The van der Waals surface area contributed by atoms with Gasteiger partial charge in [-0.1, -0.05) is 90.5 Å². The summed E-state index contributed by atoms with van der Waals surface area (Å²) >= 11 is 0. The number of benzene rings is 3. The zero-order valence-corrected chi connectivity index (χ0v) is 19.0. The predicted molar refractivity (Wildman–Crippen MR) is 129 cm³/mol. The van der Waals surface area contributed by atoms with E-state index < -0.39 is 22.9 Å². The van der Waals surface area contributed by atoms with Gasteiger partial charge in [0, 0.05) is 31.5 Å². The van der Waals surface area contributed by atoms with Gasteiger partial charge >= 0.3 is 5.97 Å². The van der Waals surface area contributed by atoms with E-state index in [2.05, 4.69) is 17.0 Å². The van der Waals surface area contributed by atoms with Crippen molar-refractivity contribution in [2.24, 2.45) is 11.3 Å². The monoisotopic (exact) mass is 441 g/mol. The summed E-state index contributed by atoms with van der Waals surface area (Å²) < 4.78 is 0. The highest BCUT2D eigenvalue weighted by Gasteiger charge is 2.66. The molecule has 1 aliphatic carbocycles. The molecule has 0 spiro atoms. The van der Waals surface area contributed by atoms with Gasteiger partial charge in [0.2, 0.25) is 0 Å². The van der Waals surface area contributed by atoms with Crippen molar-refractivity contribution in [2.45, 2.75) is 37.8 Å². The molecule has 4 nitrogen and oxygen atoms in total. The second-order valence-corrected chi connectivity index (χ2v) is 9.85. The Bertz CT molecular complexity index is 1130. The van der Waals surface area contributed by atoms with Gasteiger partial charge < -0.3 is 10.2 Å². The fourth-order valence-corrected chi connectivity index (χ4v) is 6.43. The smallest absolute Gasteiger partial charge is 0.312 e. The molecule has 0 aromatic heterocycles. The summed E-state index contributed by atoms with van der Waals surface area (Å²) in [7, 11) is 0. The summed E-state index contributed by atoms with van der Waals surface area (Å²) in [5.74, 6) is -1.36. The number of carbonyl (C=O) groups is 1. The number of carboxylic acids is 1. The quantitative estimate of drug-likeness (QED) is 0.587. The number of hydrogen-bond acceptors (Lipinski definition) is 3. The normalized spacial score (nSPS) is 29.5. The van der Waals surface area contributed by atoms with Crippen LogP contribution in [0.4, 0.5) is 0 Å². The summed E-state index contributed by atoms with van der Waals surface area (Å²) in [5, 5.41) is 23.0. The Morgan fingerprint density at radius 2 is 1.70 bits per heavy atom. The van der Waals surface area contributed by atoms with Gasteiger partial charge in [-0.3, -0.25) is 9.69 Å². The van der Waals surface area contributed by atoms with E-state index >= 15 is 0 Å². The third-order valence-electron chi connectivity index (χ3n) is 7.93. The number of likely N-dealkylation sites (tertiary alicyclic amines) is 1. The third kappa shape index (κ3) is 3.68. The van der Waals surface area contributed by atoms with Crippen LogP contribution in [0.15, 0.2) is 84.9 Å². The van der Waals surface area contributed by atoms with Crippen LogP contribution in [-0.4, -0.2) is 34.2 Å². The van der Waals surface area contributed by atoms with Gasteiger partial charge in [-0.2, -0.15) is 0 Å². The van der Waals surface area contributed by atoms with Crippen molar-refractivity contribution in [2.75, 3.05) is 13.1 Å². The maximum absolute atomic E-state index is 13.2. The number of aliphatic carboxylic acids is 1. The lowest BCUT2D eigenvalue weighted by Crippen LogP contribution is -2.56. The Hall–Kier alpha value is -2.95. The van der Waals surface area contributed by atoms with Crippen molar-refractivity contribution in [1.29, 1.82) is 0 Å². The highest BCUT2D eigenvalue weighted by molar-refractivity contribution is 5.78. The number of fused-ring (bicyclic) bond motifs is 1. The van der Waals surface area contributed by atoms with E-state index in [0.717, 1.165) is 22.3 Å². The number of rotatable bonds is 5. The fraction of sp³-hybridized carbons (Fsp3) is 0.345. The topological polar surface area (TPSA) is 60.8 Å². The molecule has 2 fully saturated rings. The van der Waals surface area contributed by atoms with E-state index in [9.17, 15) is 15.0 Å². The second kappa shape index (κ2) is 8.44. The van der Waals surface area contributed by atoms with Crippen LogP contribution in [0, 0.1) is 18.3 Å². The molecule has 2 N–H and O–H groups in total. The molecular formula is C29H31NO3. The SMILES string of the molecule is Cc1cccc(C2(O)CCC(c3ccccc3)C3(C(=O)O)CN(Cc4ccccc4)CC23)c1. The molecule has 0 radical (unpaired) electrons. The first-order valence-electron chi connectivity index (χ1n) is 11.8. The van der Waals surface area contributed by atoms with Gasteiger partial charge in [0.15, 0.2) is 0 Å². The minimum atomic E-state index is -1.18. The first-order valence-corrected chi connectivity index (χ1v) is 11.8. The number of carboxylic acid groups (broad SMARTS) is 1. The van der Waals surface area contributed by atoms with Gasteiger partial charge in [0.25, 0.3) is 0 Å². The van der Waals surface area contributed by atoms with Crippen molar-refractivity contribution < 1.29 is 15.0 Å². The first-order chi connectivity index (χ1) is 15.9. The van der Waals surface area contributed by atoms with E-state index in [0.29, 0.717) is 32.5 Å². The Labute approximate surface area is 195 Å². The molecular weight excluding hydrogens is 410 g/mol. The summed E-state index contributed by atoms with van der Waals surface area (Å²) in [6, 6.07) is 28.2. The maximum atomic E-state index is 13.2. The molecule has 1 saturated carbocycles. The standard InChI is InChI=1S/C29H31NO3/c1-21-9-8-14-24(17-21)29(33)16-15-25(23-12-6-3-7-13-23)28(27(31)32)20-30(19-26(28)29)18-22-10-4-2-5-11-22/h2-14,17,25-26,33H,15-16,18-20H2,1H3,(H,31,32). The average Bonchev–Trinajstić information content (AvgIpc) is 3.22. The minimum absolute atomic E-state index is 0.146. The molecule has 1 saturated heterocycles. The molecule has 0 amide bonds. The average molecular weight is 442 g/mol. The number of aliphatic hydroxyl groups is 1. The van der Waals surface area contributed by atoms with Crippen molar-refractivity contribution >= 4 is 5.97 Å². The van der Waals surface area contributed by atoms with Crippen LogP contribution in [0.3, 0.4) is 0 Å². The molecule has 1 aliphatic heterocycles. The first kappa shape index (κ1) is 21.9. The highest BCUT2D eigenvalue weighted by atomic mass is 16.4. The third-order valence-corrected chi connectivity index (χ3v) is 7.93. The zero-order chi connectivity index (χ0) is 23.1. The van der Waals surface area contributed by atoms with E-state index in [1.807, 2.05) is 79.7 Å². The molecule has 4 atom stereocenters. The molecule has 2 aliphatic rings. The van der Waals surface area contributed by atoms with Crippen molar-refractivity contribution in [3.05, 3.63) is 107 Å². The zero-order valence-electron chi connectivity index (χ0n) is 19.0. The Kier molecular flexibility index (Phi) is 5.59. The molecule has 0 bridgehead atoms. The van der Waals surface area contributed by atoms with Crippen LogP contribution >= 0.6 is 0 Å². The molecule has 3 aromatic rings. The van der Waals surface area contributed by atoms with Gasteiger partial charge in [0.05, 0.1) is 11.0 Å². The Morgan fingerprint density at radius 3 is 2.36 bits per heavy atom. The van der Waals surface area contributed by atoms with E-state index in [4.69, 9.17) is 0 Å². The van der Waals surface area contributed by atoms with E-state index in [1.54, 1.807) is 0 Å². The lowest BCUT2D eigenvalue weighted by Gasteiger charge is -2.51. The predicted octanol–water partition coefficient (Wildman–Crippen LogP) is 4.96. The van der Waals surface area contributed by atoms with Crippen LogP contribution in [0.1, 0.15) is 41.0 Å². The molecule has 170 valence electrons. The second-order valence-electron chi connectivity index (χ2n) is 9.85. The molecule has 3 aromatic carbocycles. The van der Waals surface area contributed by atoms with Crippen LogP contribution in [0.5, 0.6) is 0 Å². The highest BCUT2D eigenvalue weighted by Crippen LogP contribution is 2.61. The minimum Gasteiger partial charge on any atom is -0.481 e. The fourth-order valence-electron chi connectivity index (χ4n) is 6.43. The van der Waals surface area contributed by atoms with Gasteiger partial charge in [-0.05, 0) is 36.5 Å². The summed E-state index contributed by atoms with van der Waals surface area (Å²) in [6.07, 6.45) is 1.19. The van der Waals surface area contributed by atoms with Crippen molar-refractivity contribution in [1.82, 2.24) is 4.90 Å². The van der Waals surface area contributed by atoms with Gasteiger partial charge in [-0.25, -0.2) is 0 Å². The lowest BCUT2D eigenvalue weighted by atomic mass is 9.53. The number of aryl methyl sites for hydroxylation is 1. The molecule has 4 heteroatoms. The van der Waals surface area contributed by atoms with Gasteiger partial charge in [0.1, 0.15) is 0 Å². The number of hydrogen-bond donors (Lipinski definition) is 2.